The summed E-state index contributed by atoms with van der Waals surface area (Å²) < 4.78 is 9.20. The van der Waals surface area contributed by atoms with E-state index in [1.165, 1.54) is 11.3 Å². The third-order valence-corrected chi connectivity index (χ3v) is 3.24. The smallest absolute Gasteiger partial charge is 0.433 e. The van der Waals surface area contributed by atoms with Crippen LogP contribution >= 0.6 is 11.3 Å². The first-order chi connectivity index (χ1) is 11.0. The van der Waals surface area contributed by atoms with Crippen molar-refractivity contribution in [2.45, 2.75) is 0 Å². The molecule has 2 heterocycles. The zero-order valence-corrected chi connectivity index (χ0v) is 12.1. The SMILES string of the molecule is O=C(COC(=O)c1ccc([N+](=O)[O-])o1)NNC(=O)c1cccs1. The molecule has 2 aromatic heterocycles. The Bertz CT molecular complexity index is 738. The second kappa shape index (κ2) is 7.17. The lowest BCUT2D eigenvalue weighted by atomic mass is 10.4. The van der Waals surface area contributed by atoms with Crippen molar-refractivity contribution in [3.63, 3.8) is 0 Å². The molecule has 0 radical (unpaired) electrons. The molecule has 2 N–H and O–H groups in total. The van der Waals surface area contributed by atoms with Crippen molar-refractivity contribution in [1.29, 1.82) is 0 Å². The van der Waals surface area contributed by atoms with Gasteiger partial charge in [-0.3, -0.25) is 30.6 Å². The van der Waals surface area contributed by atoms with E-state index in [4.69, 9.17) is 0 Å². The number of hydrogen-bond acceptors (Lipinski definition) is 8. The van der Waals surface area contributed by atoms with Crippen molar-refractivity contribution in [1.82, 2.24) is 10.9 Å². The van der Waals surface area contributed by atoms with E-state index < -0.39 is 41.0 Å². The number of nitro groups is 1. The molecule has 0 atom stereocenters. The Hall–Kier alpha value is -3.21. The van der Waals surface area contributed by atoms with Gasteiger partial charge >= 0.3 is 11.9 Å². The maximum absolute atomic E-state index is 11.5. The summed E-state index contributed by atoms with van der Waals surface area (Å²) >= 11 is 1.19. The average Bonchev–Trinajstić information content (AvgIpc) is 3.21. The highest BCUT2D eigenvalue weighted by atomic mass is 32.1. The second-order valence-corrected chi connectivity index (χ2v) is 4.90. The number of nitrogens with zero attached hydrogens (tertiary/aromatic N) is 1. The van der Waals surface area contributed by atoms with Crippen LogP contribution in [0, 0.1) is 10.1 Å². The molecule has 0 aromatic carbocycles. The molecule has 0 fully saturated rings. The fraction of sp³-hybridized carbons (Fsp3) is 0.0833. The van der Waals surface area contributed by atoms with E-state index in [2.05, 4.69) is 20.0 Å². The third kappa shape index (κ3) is 4.38. The Morgan fingerprint density at radius 1 is 1.26 bits per heavy atom. The van der Waals surface area contributed by atoms with Gasteiger partial charge in [0.2, 0.25) is 5.76 Å². The number of rotatable bonds is 5. The van der Waals surface area contributed by atoms with Gasteiger partial charge in [0.1, 0.15) is 4.92 Å². The van der Waals surface area contributed by atoms with Crippen molar-refractivity contribution in [2.75, 3.05) is 6.61 Å². The lowest BCUT2D eigenvalue weighted by molar-refractivity contribution is -0.402. The summed E-state index contributed by atoms with van der Waals surface area (Å²) in [5.41, 5.74) is 4.19. The first-order valence-corrected chi connectivity index (χ1v) is 6.89. The zero-order valence-electron chi connectivity index (χ0n) is 11.3. The van der Waals surface area contributed by atoms with E-state index in [1.807, 2.05) is 0 Å². The summed E-state index contributed by atoms with van der Waals surface area (Å²) in [4.78, 5) is 44.5. The predicted octanol–water partition coefficient (Wildman–Crippen LogP) is 0.867. The zero-order chi connectivity index (χ0) is 16.8. The quantitative estimate of drug-likeness (QED) is 0.467. The monoisotopic (exact) mass is 339 g/mol. The molecule has 10 nitrogen and oxygen atoms in total. The molecule has 0 aliphatic rings. The summed E-state index contributed by atoms with van der Waals surface area (Å²) in [7, 11) is 0. The van der Waals surface area contributed by atoms with Crippen LogP contribution < -0.4 is 10.9 Å². The topological polar surface area (TPSA) is 141 Å². The summed E-state index contributed by atoms with van der Waals surface area (Å²) in [5, 5.41) is 12.1. The minimum atomic E-state index is -1.04. The first-order valence-electron chi connectivity index (χ1n) is 6.01. The maximum Gasteiger partial charge on any atom is 0.433 e. The van der Waals surface area contributed by atoms with E-state index >= 15 is 0 Å². The number of furan rings is 1. The van der Waals surface area contributed by atoms with Crippen LogP contribution in [0.1, 0.15) is 20.2 Å². The molecule has 23 heavy (non-hydrogen) atoms. The van der Waals surface area contributed by atoms with Crippen molar-refractivity contribution in [3.05, 3.63) is 50.4 Å². The second-order valence-electron chi connectivity index (χ2n) is 3.95. The minimum Gasteiger partial charge on any atom is -0.450 e. The van der Waals surface area contributed by atoms with Gasteiger partial charge in [-0.15, -0.1) is 11.3 Å². The fourth-order valence-electron chi connectivity index (χ4n) is 1.37. The summed E-state index contributed by atoms with van der Waals surface area (Å²) in [6.07, 6.45) is 0. The van der Waals surface area contributed by atoms with Crippen LogP contribution in [0.5, 0.6) is 0 Å². The summed E-state index contributed by atoms with van der Waals surface area (Å²) in [5.74, 6) is -3.37. The lowest BCUT2D eigenvalue weighted by Crippen LogP contribution is -2.43. The normalized spacial score (nSPS) is 9.91. The number of nitrogens with one attached hydrogen (secondary N) is 2. The molecular weight excluding hydrogens is 330 g/mol. The van der Waals surface area contributed by atoms with Crippen molar-refractivity contribution in [2.24, 2.45) is 0 Å². The molecule has 2 amide bonds. The number of thiophene rings is 1. The van der Waals surface area contributed by atoms with Gasteiger partial charge in [0.05, 0.1) is 10.9 Å². The van der Waals surface area contributed by atoms with Gasteiger partial charge in [-0.1, -0.05) is 6.07 Å². The molecule has 0 saturated carbocycles. The van der Waals surface area contributed by atoms with Crippen LogP contribution in [-0.4, -0.2) is 29.3 Å². The number of esters is 1. The van der Waals surface area contributed by atoms with Crippen LogP contribution in [0.2, 0.25) is 0 Å². The van der Waals surface area contributed by atoms with Gasteiger partial charge in [-0.2, -0.15) is 0 Å². The number of hydrazine groups is 1. The average molecular weight is 339 g/mol. The standard InChI is InChI=1S/C12H9N3O7S/c16-9(13-14-11(17)8-2-1-5-23-8)6-21-12(18)7-3-4-10(22-7)15(19)20/h1-5H,6H2,(H,13,16)(H,14,17). The van der Waals surface area contributed by atoms with Crippen molar-refractivity contribution < 1.29 is 28.5 Å². The Kier molecular flexibility index (Phi) is 5.04. The molecule has 11 heteroatoms. The Morgan fingerprint density at radius 2 is 2.04 bits per heavy atom. The van der Waals surface area contributed by atoms with Crippen LogP contribution in [0.15, 0.2) is 34.1 Å². The molecule has 120 valence electrons. The van der Waals surface area contributed by atoms with Crippen LogP contribution in [0.25, 0.3) is 0 Å². The molecule has 2 rings (SSSR count). The molecule has 0 unspecified atom stereocenters. The molecule has 0 bridgehead atoms. The summed E-state index contributed by atoms with van der Waals surface area (Å²) in [6, 6.07) is 5.27. The number of carbonyl (C=O) groups is 3. The van der Waals surface area contributed by atoms with Gasteiger partial charge in [0, 0.05) is 0 Å². The highest BCUT2D eigenvalue weighted by molar-refractivity contribution is 7.12. The lowest BCUT2D eigenvalue weighted by Gasteiger charge is -2.06. The van der Waals surface area contributed by atoms with Crippen LogP contribution in [0.4, 0.5) is 5.88 Å². The Morgan fingerprint density at radius 3 is 2.65 bits per heavy atom. The fourth-order valence-corrected chi connectivity index (χ4v) is 1.99. The van der Waals surface area contributed by atoms with Gasteiger partial charge in [0.25, 0.3) is 11.8 Å². The van der Waals surface area contributed by atoms with Crippen LogP contribution in [0.3, 0.4) is 0 Å². The van der Waals surface area contributed by atoms with E-state index in [0.29, 0.717) is 4.88 Å². The Labute approximate surface area is 132 Å². The van der Waals surface area contributed by atoms with Gasteiger partial charge < -0.3 is 9.15 Å². The minimum absolute atomic E-state index is 0.394. The largest absolute Gasteiger partial charge is 0.450 e. The molecule has 2 aromatic rings. The van der Waals surface area contributed by atoms with Gasteiger partial charge in [0.15, 0.2) is 6.61 Å². The van der Waals surface area contributed by atoms with E-state index in [9.17, 15) is 24.5 Å². The van der Waals surface area contributed by atoms with E-state index in [-0.39, 0.29) is 0 Å². The van der Waals surface area contributed by atoms with E-state index in [0.717, 1.165) is 12.1 Å². The van der Waals surface area contributed by atoms with Crippen molar-refractivity contribution in [3.8, 4) is 0 Å². The number of ether oxygens (including phenoxy) is 1. The first kappa shape index (κ1) is 16.2. The number of carbonyl (C=O) groups excluding carboxylic acids is 3. The molecular formula is C12H9N3O7S. The molecule has 0 spiro atoms. The highest BCUT2D eigenvalue weighted by Gasteiger charge is 2.19. The number of hydrogen-bond donors (Lipinski definition) is 2. The van der Waals surface area contributed by atoms with Gasteiger partial charge in [-0.25, -0.2) is 4.79 Å². The molecule has 0 aliphatic carbocycles. The third-order valence-electron chi connectivity index (χ3n) is 2.37. The highest BCUT2D eigenvalue weighted by Crippen LogP contribution is 2.16. The summed E-state index contributed by atoms with van der Waals surface area (Å²) in [6.45, 7) is -0.696. The molecule has 0 aliphatic heterocycles. The predicted molar refractivity (Wildman–Crippen MR) is 75.6 cm³/mol. The van der Waals surface area contributed by atoms with Gasteiger partial charge in [-0.05, 0) is 17.5 Å². The number of amides is 2. The van der Waals surface area contributed by atoms with Crippen LogP contribution in [-0.2, 0) is 9.53 Å². The Balaban J connectivity index is 1.76. The van der Waals surface area contributed by atoms with Crippen molar-refractivity contribution >= 4 is 35.0 Å². The molecule has 0 saturated heterocycles. The maximum atomic E-state index is 11.5. The van der Waals surface area contributed by atoms with E-state index in [1.54, 1.807) is 17.5 Å².